The molecule has 0 unspecified atom stereocenters. The van der Waals surface area contributed by atoms with Crippen LogP contribution in [0, 0.1) is 0 Å². The summed E-state index contributed by atoms with van der Waals surface area (Å²) >= 11 is 5.73. The molecule has 0 spiro atoms. The molecule has 1 aromatic rings. The Morgan fingerprint density at radius 2 is 2.09 bits per heavy atom. The zero-order chi connectivity index (χ0) is 7.56. The summed E-state index contributed by atoms with van der Waals surface area (Å²) in [5.41, 5.74) is 6.70. The highest BCUT2D eigenvalue weighted by atomic mass is 35.5. The Morgan fingerprint density at radius 3 is 2.45 bits per heavy atom. The molecule has 62 valence electrons. The van der Waals surface area contributed by atoms with E-state index in [1.807, 2.05) is 31.2 Å². The molecule has 0 aromatic heterocycles. The van der Waals surface area contributed by atoms with Gasteiger partial charge in [0.2, 0.25) is 0 Å². The second-order valence-corrected chi connectivity index (χ2v) is 2.78. The van der Waals surface area contributed by atoms with Crippen LogP contribution in [0.2, 0.25) is 5.02 Å². The van der Waals surface area contributed by atoms with Gasteiger partial charge in [-0.1, -0.05) is 23.7 Å². The molecule has 0 amide bonds. The SMILES string of the molecule is C[C@@H](N)c1cccc(Cl)c1.F. The second kappa shape index (κ2) is 4.31. The molecule has 0 heterocycles. The summed E-state index contributed by atoms with van der Waals surface area (Å²) in [4.78, 5) is 0. The maximum atomic E-state index is 5.73. The van der Waals surface area contributed by atoms with Crippen molar-refractivity contribution >= 4 is 11.6 Å². The van der Waals surface area contributed by atoms with Crippen LogP contribution < -0.4 is 5.73 Å². The summed E-state index contributed by atoms with van der Waals surface area (Å²) in [6, 6.07) is 7.66. The quantitative estimate of drug-likeness (QED) is 0.698. The number of hydrogen-bond donors (Lipinski definition) is 1. The third-order valence-corrected chi connectivity index (χ3v) is 1.61. The van der Waals surface area contributed by atoms with Gasteiger partial charge in [-0.05, 0) is 24.6 Å². The van der Waals surface area contributed by atoms with Gasteiger partial charge in [-0.15, -0.1) is 0 Å². The predicted octanol–water partition coefficient (Wildman–Crippen LogP) is 2.51. The molecule has 0 saturated carbocycles. The van der Waals surface area contributed by atoms with Gasteiger partial charge >= 0.3 is 0 Å². The summed E-state index contributed by atoms with van der Waals surface area (Å²) in [6.07, 6.45) is 0. The molecule has 3 heteroatoms. The standard InChI is InChI=1S/C8H10ClN.FH/c1-6(10)7-3-2-4-8(9)5-7;/h2-6H,10H2,1H3;1H/t6-;/m1./s1. The molecule has 1 rings (SSSR count). The predicted molar refractivity (Wildman–Crippen MR) is 46.6 cm³/mol. The zero-order valence-electron chi connectivity index (χ0n) is 6.25. The molecule has 1 nitrogen and oxygen atoms in total. The molecule has 0 aliphatic rings. The van der Waals surface area contributed by atoms with Gasteiger partial charge in [-0.2, -0.15) is 0 Å². The lowest BCUT2D eigenvalue weighted by Crippen LogP contribution is -2.04. The van der Waals surface area contributed by atoms with Crippen LogP contribution in [-0.4, -0.2) is 0 Å². The highest BCUT2D eigenvalue weighted by Gasteiger charge is 1.97. The summed E-state index contributed by atoms with van der Waals surface area (Å²) < 4.78 is 0. The third kappa shape index (κ3) is 2.87. The van der Waals surface area contributed by atoms with E-state index in [1.165, 1.54) is 0 Å². The van der Waals surface area contributed by atoms with Crippen molar-refractivity contribution in [3.8, 4) is 0 Å². The molecule has 0 aliphatic carbocycles. The van der Waals surface area contributed by atoms with Gasteiger partial charge in [0.1, 0.15) is 0 Å². The molecule has 2 N–H and O–H groups in total. The first-order chi connectivity index (χ1) is 4.70. The van der Waals surface area contributed by atoms with E-state index in [4.69, 9.17) is 17.3 Å². The summed E-state index contributed by atoms with van der Waals surface area (Å²) in [6.45, 7) is 1.94. The first-order valence-corrected chi connectivity index (χ1v) is 3.59. The molecule has 11 heavy (non-hydrogen) atoms. The van der Waals surface area contributed by atoms with E-state index in [2.05, 4.69) is 0 Å². The average molecular weight is 176 g/mol. The number of benzene rings is 1. The monoisotopic (exact) mass is 175 g/mol. The molecule has 0 saturated heterocycles. The van der Waals surface area contributed by atoms with Crippen molar-refractivity contribution in [2.24, 2.45) is 5.73 Å². The fourth-order valence-electron chi connectivity index (χ4n) is 0.790. The Hall–Kier alpha value is -0.600. The topological polar surface area (TPSA) is 26.0 Å². The molecule has 0 radical (unpaired) electrons. The summed E-state index contributed by atoms with van der Waals surface area (Å²) in [5.74, 6) is 0. The summed E-state index contributed by atoms with van der Waals surface area (Å²) in [7, 11) is 0. The van der Waals surface area contributed by atoms with E-state index >= 15 is 0 Å². The number of halogens is 2. The van der Waals surface area contributed by atoms with Gasteiger partial charge in [0.15, 0.2) is 0 Å². The van der Waals surface area contributed by atoms with E-state index in [0.29, 0.717) is 0 Å². The van der Waals surface area contributed by atoms with Gasteiger partial charge in [0.25, 0.3) is 0 Å². The number of nitrogens with two attached hydrogens (primary N) is 1. The van der Waals surface area contributed by atoms with Gasteiger partial charge in [-0.3, -0.25) is 4.70 Å². The Balaban J connectivity index is 0.000001000. The van der Waals surface area contributed by atoms with Crippen molar-refractivity contribution in [2.75, 3.05) is 0 Å². The van der Waals surface area contributed by atoms with Gasteiger partial charge in [0, 0.05) is 11.1 Å². The maximum Gasteiger partial charge on any atom is 0.0409 e. The molecule has 1 aromatic carbocycles. The van der Waals surface area contributed by atoms with Crippen LogP contribution in [0.1, 0.15) is 18.5 Å². The van der Waals surface area contributed by atoms with E-state index in [9.17, 15) is 0 Å². The minimum Gasteiger partial charge on any atom is -0.324 e. The van der Waals surface area contributed by atoms with Crippen LogP contribution in [0.4, 0.5) is 4.70 Å². The smallest absolute Gasteiger partial charge is 0.0409 e. The van der Waals surface area contributed by atoms with Gasteiger partial charge < -0.3 is 5.73 Å². The fraction of sp³-hybridized carbons (Fsp3) is 0.250. The van der Waals surface area contributed by atoms with E-state index in [0.717, 1.165) is 10.6 Å². The van der Waals surface area contributed by atoms with Crippen molar-refractivity contribution in [3.63, 3.8) is 0 Å². The number of rotatable bonds is 1. The second-order valence-electron chi connectivity index (χ2n) is 2.34. The Bertz CT molecular complexity index is 225. The highest BCUT2D eigenvalue weighted by Crippen LogP contribution is 2.14. The Labute approximate surface area is 70.5 Å². The molecule has 0 fully saturated rings. The molecule has 0 aliphatic heterocycles. The van der Waals surface area contributed by atoms with E-state index in [1.54, 1.807) is 0 Å². The lowest BCUT2D eigenvalue weighted by Gasteiger charge is -2.03. The normalized spacial score (nSPS) is 11.9. The third-order valence-electron chi connectivity index (χ3n) is 1.37. The molecular weight excluding hydrogens is 165 g/mol. The zero-order valence-corrected chi connectivity index (χ0v) is 7.01. The largest absolute Gasteiger partial charge is 0.324 e. The van der Waals surface area contributed by atoms with Crippen molar-refractivity contribution < 1.29 is 4.70 Å². The van der Waals surface area contributed by atoms with Gasteiger partial charge in [0.05, 0.1) is 0 Å². The van der Waals surface area contributed by atoms with Crippen LogP contribution in [0.25, 0.3) is 0 Å². The minimum atomic E-state index is 0. The highest BCUT2D eigenvalue weighted by molar-refractivity contribution is 6.30. The van der Waals surface area contributed by atoms with E-state index in [-0.39, 0.29) is 10.7 Å². The Kier molecular flexibility index (Phi) is 4.08. The Morgan fingerprint density at radius 1 is 1.45 bits per heavy atom. The fourth-order valence-corrected chi connectivity index (χ4v) is 0.989. The molecule has 0 bridgehead atoms. The van der Waals surface area contributed by atoms with Crippen LogP contribution in [0.15, 0.2) is 24.3 Å². The first-order valence-electron chi connectivity index (χ1n) is 3.21. The number of hydrogen-bond acceptors (Lipinski definition) is 1. The van der Waals surface area contributed by atoms with Crippen molar-refractivity contribution in [1.82, 2.24) is 0 Å². The van der Waals surface area contributed by atoms with Crippen molar-refractivity contribution in [2.45, 2.75) is 13.0 Å². The summed E-state index contributed by atoms with van der Waals surface area (Å²) in [5, 5.41) is 0.745. The van der Waals surface area contributed by atoms with Crippen molar-refractivity contribution in [1.29, 1.82) is 0 Å². The minimum absolute atomic E-state index is 0. The molecule has 1 atom stereocenters. The van der Waals surface area contributed by atoms with Crippen LogP contribution in [0.5, 0.6) is 0 Å². The van der Waals surface area contributed by atoms with Crippen LogP contribution >= 0.6 is 11.6 Å². The van der Waals surface area contributed by atoms with E-state index < -0.39 is 0 Å². The lowest BCUT2D eigenvalue weighted by molar-refractivity contribution is 0.818. The first kappa shape index (κ1) is 10.4. The lowest BCUT2D eigenvalue weighted by atomic mass is 10.1. The van der Waals surface area contributed by atoms with Gasteiger partial charge in [-0.25, -0.2) is 0 Å². The maximum absolute atomic E-state index is 5.73. The van der Waals surface area contributed by atoms with Crippen LogP contribution in [-0.2, 0) is 0 Å². The molecular formula is C8H11ClFN. The average Bonchev–Trinajstić information content (AvgIpc) is 1.88. The van der Waals surface area contributed by atoms with Crippen LogP contribution in [0.3, 0.4) is 0 Å². The van der Waals surface area contributed by atoms with Crippen molar-refractivity contribution in [3.05, 3.63) is 34.9 Å².